The molecule has 0 spiro atoms. The van der Waals surface area contributed by atoms with Crippen LogP contribution in [0.25, 0.3) is 0 Å². The summed E-state index contributed by atoms with van der Waals surface area (Å²) in [5.41, 5.74) is 2.79. The van der Waals surface area contributed by atoms with Gasteiger partial charge in [0.1, 0.15) is 11.8 Å². The minimum absolute atomic E-state index is 0.173. The van der Waals surface area contributed by atoms with Crippen molar-refractivity contribution in [1.29, 1.82) is 0 Å². The number of benzene rings is 2. The van der Waals surface area contributed by atoms with E-state index in [2.05, 4.69) is 12.2 Å². The molecule has 0 saturated carbocycles. The molecule has 0 fully saturated rings. The maximum Gasteiger partial charge on any atom is 0.261 e. The molecule has 5 nitrogen and oxygen atoms in total. The summed E-state index contributed by atoms with van der Waals surface area (Å²) in [7, 11) is 0. The number of hydrogen-bond acceptors (Lipinski definition) is 3. The molecule has 2 amide bonds. The van der Waals surface area contributed by atoms with Gasteiger partial charge in [0.15, 0.2) is 6.61 Å². The topological polar surface area (TPSA) is 58.6 Å². The van der Waals surface area contributed by atoms with Gasteiger partial charge in [-0.05, 0) is 56.0 Å². The van der Waals surface area contributed by atoms with Crippen molar-refractivity contribution in [2.75, 3.05) is 13.2 Å². The average Bonchev–Trinajstić information content (AvgIpc) is 2.74. The Balaban J connectivity index is 2.24. The summed E-state index contributed by atoms with van der Waals surface area (Å²) in [6, 6.07) is 10.3. The Hall–Kier alpha value is -2.24. The second-order valence-electron chi connectivity index (χ2n) is 7.88. The van der Waals surface area contributed by atoms with Crippen LogP contribution in [0.3, 0.4) is 0 Å². The van der Waals surface area contributed by atoms with Gasteiger partial charge in [0.05, 0.1) is 0 Å². The molecule has 32 heavy (non-hydrogen) atoms. The number of rotatable bonds is 11. The van der Waals surface area contributed by atoms with Crippen LogP contribution in [0.15, 0.2) is 36.4 Å². The highest BCUT2D eigenvalue weighted by atomic mass is 35.5. The zero-order valence-electron chi connectivity index (χ0n) is 19.2. The molecule has 0 bridgehead atoms. The molecule has 7 heteroatoms. The first-order chi connectivity index (χ1) is 15.3. The number of ether oxygens (including phenoxy) is 1. The molecule has 0 heterocycles. The Kier molecular flexibility index (Phi) is 10.3. The molecule has 0 aromatic heterocycles. The Labute approximate surface area is 201 Å². The van der Waals surface area contributed by atoms with Gasteiger partial charge < -0.3 is 15.0 Å². The molecular formula is C25H32Cl2N2O3. The highest BCUT2D eigenvalue weighted by molar-refractivity contribution is 6.35. The summed E-state index contributed by atoms with van der Waals surface area (Å²) in [6.45, 7) is 8.48. The molecule has 0 aliphatic carbocycles. The summed E-state index contributed by atoms with van der Waals surface area (Å²) in [5.74, 6) is 0.188. The van der Waals surface area contributed by atoms with Crippen LogP contribution in [0.2, 0.25) is 10.0 Å². The smallest absolute Gasteiger partial charge is 0.261 e. The lowest BCUT2D eigenvalue weighted by Crippen LogP contribution is -2.50. The second kappa shape index (κ2) is 12.7. The maximum atomic E-state index is 13.3. The Morgan fingerprint density at radius 1 is 1.09 bits per heavy atom. The van der Waals surface area contributed by atoms with Gasteiger partial charge in [0, 0.05) is 23.1 Å². The fourth-order valence-corrected chi connectivity index (χ4v) is 3.91. The fraction of sp³-hybridized carbons (Fsp3) is 0.440. The quantitative estimate of drug-likeness (QED) is 0.420. The van der Waals surface area contributed by atoms with Crippen molar-refractivity contribution in [2.24, 2.45) is 0 Å². The number of halogens is 2. The van der Waals surface area contributed by atoms with Crippen molar-refractivity contribution in [3.8, 4) is 5.75 Å². The van der Waals surface area contributed by atoms with E-state index in [9.17, 15) is 9.59 Å². The molecule has 1 unspecified atom stereocenters. The molecule has 2 rings (SSSR count). The number of nitrogens with one attached hydrogen (secondary N) is 1. The molecule has 0 aliphatic heterocycles. The summed E-state index contributed by atoms with van der Waals surface area (Å²) in [5, 5.41) is 3.90. The van der Waals surface area contributed by atoms with Crippen LogP contribution in [0.5, 0.6) is 5.75 Å². The van der Waals surface area contributed by atoms with Gasteiger partial charge in [0.2, 0.25) is 5.91 Å². The maximum absolute atomic E-state index is 13.3. The van der Waals surface area contributed by atoms with E-state index in [1.54, 1.807) is 23.1 Å². The minimum atomic E-state index is -0.631. The third-order valence-electron chi connectivity index (χ3n) is 5.25. The van der Waals surface area contributed by atoms with Crippen LogP contribution < -0.4 is 10.1 Å². The van der Waals surface area contributed by atoms with Crippen molar-refractivity contribution < 1.29 is 14.3 Å². The second-order valence-corrected chi connectivity index (χ2v) is 8.73. The third-order valence-corrected chi connectivity index (χ3v) is 5.84. The molecule has 1 atom stereocenters. The molecule has 174 valence electrons. The van der Waals surface area contributed by atoms with Gasteiger partial charge in [-0.15, -0.1) is 0 Å². The normalized spacial score (nSPS) is 11.7. The monoisotopic (exact) mass is 478 g/mol. The van der Waals surface area contributed by atoms with Crippen LogP contribution in [-0.2, 0) is 16.1 Å². The van der Waals surface area contributed by atoms with E-state index in [0.717, 1.165) is 29.5 Å². The van der Waals surface area contributed by atoms with E-state index < -0.39 is 6.04 Å². The first-order valence-electron chi connectivity index (χ1n) is 11.0. The van der Waals surface area contributed by atoms with Crippen molar-refractivity contribution in [2.45, 2.75) is 59.5 Å². The number of hydrogen-bond donors (Lipinski definition) is 1. The third kappa shape index (κ3) is 7.42. The summed E-state index contributed by atoms with van der Waals surface area (Å²) < 4.78 is 5.82. The fourth-order valence-electron chi connectivity index (χ4n) is 3.44. The van der Waals surface area contributed by atoms with Crippen LogP contribution in [0.1, 0.15) is 49.8 Å². The van der Waals surface area contributed by atoms with E-state index in [1.807, 2.05) is 39.0 Å². The van der Waals surface area contributed by atoms with Crippen molar-refractivity contribution >= 4 is 35.0 Å². The van der Waals surface area contributed by atoms with Crippen LogP contribution in [-0.4, -0.2) is 35.9 Å². The van der Waals surface area contributed by atoms with E-state index in [4.69, 9.17) is 27.9 Å². The van der Waals surface area contributed by atoms with Gasteiger partial charge in [-0.3, -0.25) is 9.59 Å². The lowest BCUT2D eigenvalue weighted by molar-refractivity contribution is -0.143. The molecule has 0 aliphatic rings. The standard InChI is InChI=1S/C25H32Cl2N2O3/c1-5-7-12-28-25(31)22(6-2)29(15-19-9-10-20(26)14-21(19)27)24(30)16-32-23-11-8-17(3)13-18(23)4/h8-11,13-14,22H,5-7,12,15-16H2,1-4H3,(H,28,31). The van der Waals surface area contributed by atoms with Crippen LogP contribution >= 0.6 is 23.2 Å². The first kappa shape index (κ1) is 26.0. The number of unbranched alkanes of at least 4 members (excludes halogenated alkanes) is 1. The number of carbonyl (C=O) groups excluding carboxylic acids is 2. The van der Waals surface area contributed by atoms with Gasteiger partial charge in [-0.1, -0.05) is 67.2 Å². The Bertz CT molecular complexity index is 933. The zero-order chi connectivity index (χ0) is 23.7. The minimum Gasteiger partial charge on any atom is -0.483 e. The van der Waals surface area contributed by atoms with Crippen molar-refractivity contribution in [1.82, 2.24) is 10.2 Å². The van der Waals surface area contributed by atoms with Crippen molar-refractivity contribution in [3.05, 3.63) is 63.1 Å². The van der Waals surface area contributed by atoms with Gasteiger partial charge in [-0.25, -0.2) is 0 Å². The number of nitrogens with zero attached hydrogens (tertiary/aromatic N) is 1. The molecule has 2 aromatic carbocycles. The summed E-state index contributed by atoms with van der Waals surface area (Å²) in [6.07, 6.45) is 2.33. The summed E-state index contributed by atoms with van der Waals surface area (Å²) >= 11 is 12.4. The summed E-state index contributed by atoms with van der Waals surface area (Å²) in [4.78, 5) is 27.7. The van der Waals surface area contributed by atoms with Crippen LogP contribution in [0, 0.1) is 13.8 Å². The molecular weight excluding hydrogens is 447 g/mol. The molecule has 1 N–H and O–H groups in total. The first-order valence-corrected chi connectivity index (χ1v) is 11.7. The number of aryl methyl sites for hydroxylation is 2. The zero-order valence-corrected chi connectivity index (χ0v) is 20.7. The van der Waals surface area contributed by atoms with E-state index in [-0.39, 0.29) is 25.0 Å². The molecule has 0 saturated heterocycles. The average molecular weight is 479 g/mol. The van der Waals surface area contributed by atoms with E-state index >= 15 is 0 Å². The molecule has 2 aromatic rings. The highest BCUT2D eigenvalue weighted by Gasteiger charge is 2.29. The highest BCUT2D eigenvalue weighted by Crippen LogP contribution is 2.24. The molecule has 0 radical (unpaired) electrons. The SMILES string of the molecule is CCCCNC(=O)C(CC)N(Cc1ccc(Cl)cc1Cl)C(=O)COc1ccc(C)cc1C. The van der Waals surface area contributed by atoms with E-state index in [0.29, 0.717) is 28.8 Å². The van der Waals surface area contributed by atoms with E-state index in [1.165, 1.54) is 0 Å². The predicted octanol–water partition coefficient (Wildman–Crippen LogP) is 5.71. The van der Waals surface area contributed by atoms with Gasteiger partial charge in [-0.2, -0.15) is 0 Å². The number of amides is 2. The lowest BCUT2D eigenvalue weighted by Gasteiger charge is -2.31. The lowest BCUT2D eigenvalue weighted by atomic mass is 10.1. The van der Waals surface area contributed by atoms with Gasteiger partial charge >= 0.3 is 0 Å². The van der Waals surface area contributed by atoms with Crippen molar-refractivity contribution in [3.63, 3.8) is 0 Å². The number of carbonyl (C=O) groups is 2. The Morgan fingerprint density at radius 2 is 1.84 bits per heavy atom. The largest absolute Gasteiger partial charge is 0.483 e. The Morgan fingerprint density at radius 3 is 2.47 bits per heavy atom. The van der Waals surface area contributed by atoms with Crippen LogP contribution in [0.4, 0.5) is 0 Å². The van der Waals surface area contributed by atoms with Gasteiger partial charge in [0.25, 0.3) is 5.91 Å². The predicted molar refractivity (Wildman–Crippen MR) is 130 cm³/mol.